The molecule has 128 valence electrons. The molecule has 0 unspecified atom stereocenters. The van der Waals surface area contributed by atoms with E-state index in [2.05, 4.69) is 0 Å². The third-order valence-electron chi connectivity index (χ3n) is 4.29. The molecule has 1 aliphatic carbocycles. The quantitative estimate of drug-likeness (QED) is 0.720. The van der Waals surface area contributed by atoms with Gasteiger partial charge in [-0.15, -0.1) is 0 Å². The SMILES string of the molecule is CCN(C(=O)/C=C/c1ccc(OCC#N)c(OC)c1)C1CCCC1. The van der Waals surface area contributed by atoms with E-state index in [1.807, 2.05) is 24.0 Å². The van der Waals surface area contributed by atoms with Crippen molar-refractivity contribution in [2.24, 2.45) is 0 Å². The van der Waals surface area contributed by atoms with Gasteiger partial charge in [-0.3, -0.25) is 4.79 Å². The number of nitrogens with zero attached hydrogens (tertiary/aromatic N) is 2. The number of hydrogen-bond donors (Lipinski definition) is 0. The zero-order valence-corrected chi connectivity index (χ0v) is 14.3. The third kappa shape index (κ3) is 4.51. The largest absolute Gasteiger partial charge is 0.493 e. The second-order valence-electron chi connectivity index (χ2n) is 5.75. The summed E-state index contributed by atoms with van der Waals surface area (Å²) in [5.41, 5.74) is 0.854. The minimum absolute atomic E-state index is 0.0309. The molecule has 0 spiro atoms. The van der Waals surface area contributed by atoms with Gasteiger partial charge in [-0.1, -0.05) is 18.9 Å². The maximum absolute atomic E-state index is 12.4. The van der Waals surface area contributed by atoms with Gasteiger partial charge < -0.3 is 14.4 Å². The van der Waals surface area contributed by atoms with Crippen LogP contribution >= 0.6 is 0 Å². The number of benzene rings is 1. The van der Waals surface area contributed by atoms with Crippen molar-refractivity contribution in [1.29, 1.82) is 5.26 Å². The third-order valence-corrected chi connectivity index (χ3v) is 4.29. The van der Waals surface area contributed by atoms with Gasteiger partial charge in [-0.05, 0) is 43.5 Å². The summed E-state index contributed by atoms with van der Waals surface area (Å²) in [6.45, 7) is 2.73. The fraction of sp³-hybridized carbons (Fsp3) is 0.474. The number of carbonyl (C=O) groups excluding carboxylic acids is 1. The Bertz CT molecular complexity index is 628. The molecule has 1 amide bonds. The van der Waals surface area contributed by atoms with E-state index in [1.165, 1.54) is 12.8 Å². The van der Waals surface area contributed by atoms with Gasteiger partial charge in [0.05, 0.1) is 7.11 Å². The van der Waals surface area contributed by atoms with Crippen molar-refractivity contribution in [3.05, 3.63) is 29.8 Å². The molecule has 1 aromatic carbocycles. The molecule has 1 aliphatic rings. The highest BCUT2D eigenvalue weighted by atomic mass is 16.5. The van der Waals surface area contributed by atoms with Crippen LogP contribution in [0.15, 0.2) is 24.3 Å². The van der Waals surface area contributed by atoms with Crippen molar-refractivity contribution in [2.45, 2.75) is 38.6 Å². The Labute approximate surface area is 143 Å². The number of rotatable bonds is 7. The molecule has 2 rings (SSSR count). The van der Waals surface area contributed by atoms with Gasteiger partial charge in [0.15, 0.2) is 18.1 Å². The van der Waals surface area contributed by atoms with Crippen LogP contribution in [-0.4, -0.2) is 37.1 Å². The molecule has 1 fully saturated rings. The van der Waals surface area contributed by atoms with E-state index in [4.69, 9.17) is 14.7 Å². The highest BCUT2D eigenvalue weighted by Gasteiger charge is 2.23. The lowest BCUT2D eigenvalue weighted by molar-refractivity contribution is -0.127. The number of methoxy groups -OCH3 is 1. The van der Waals surface area contributed by atoms with Gasteiger partial charge in [0.2, 0.25) is 5.91 Å². The average Bonchev–Trinajstić information content (AvgIpc) is 3.13. The van der Waals surface area contributed by atoms with Gasteiger partial charge in [0.1, 0.15) is 6.07 Å². The van der Waals surface area contributed by atoms with Crippen LogP contribution in [-0.2, 0) is 4.79 Å². The minimum atomic E-state index is -0.0309. The highest BCUT2D eigenvalue weighted by molar-refractivity contribution is 5.92. The molecule has 0 saturated heterocycles. The molecule has 0 heterocycles. The van der Waals surface area contributed by atoms with E-state index in [0.29, 0.717) is 17.5 Å². The van der Waals surface area contributed by atoms with Crippen LogP contribution in [0, 0.1) is 11.3 Å². The molecule has 0 N–H and O–H groups in total. The van der Waals surface area contributed by atoms with Crippen LogP contribution in [0.3, 0.4) is 0 Å². The van der Waals surface area contributed by atoms with Crippen LogP contribution in [0.4, 0.5) is 0 Å². The van der Waals surface area contributed by atoms with Crippen molar-refractivity contribution < 1.29 is 14.3 Å². The molecule has 0 aliphatic heterocycles. The Kier molecular flexibility index (Phi) is 6.68. The number of ether oxygens (including phenoxy) is 2. The number of nitriles is 1. The van der Waals surface area contributed by atoms with Crippen molar-refractivity contribution in [3.8, 4) is 17.6 Å². The first-order valence-corrected chi connectivity index (χ1v) is 8.36. The molecule has 0 radical (unpaired) electrons. The molecule has 5 heteroatoms. The summed E-state index contributed by atoms with van der Waals surface area (Å²) in [7, 11) is 1.55. The highest BCUT2D eigenvalue weighted by Crippen LogP contribution is 2.28. The van der Waals surface area contributed by atoms with Crippen LogP contribution in [0.5, 0.6) is 11.5 Å². The van der Waals surface area contributed by atoms with E-state index in [-0.39, 0.29) is 12.5 Å². The van der Waals surface area contributed by atoms with E-state index >= 15 is 0 Å². The van der Waals surface area contributed by atoms with Crippen molar-refractivity contribution >= 4 is 12.0 Å². The summed E-state index contributed by atoms with van der Waals surface area (Å²) in [4.78, 5) is 14.4. The maximum Gasteiger partial charge on any atom is 0.246 e. The second-order valence-corrected chi connectivity index (χ2v) is 5.75. The first-order valence-electron chi connectivity index (χ1n) is 8.36. The number of amides is 1. The zero-order chi connectivity index (χ0) is 17.4. The average molecular weight is 328 g/mol. The number of hydrogen-bond acceptors (Lipinski definition) is 4. The maximum atomic E-state index is 12.4. The van der Waals surface area contributed by atoms with Gasteiger partial charge in [0, 0.05) is 18.7 Å². The fourth-order valence-electron chi connectivity index (χ4n) is 3.09. The summed E-state index contributed by atoms with van der Waals surface area (Å²) in [6, 6.07) is 7.68. The molecule has 5 nitrogen and oxygen atoms in total. The lowest BCUT2D eigenvalue weighted by Crippen LogP contribution is -2.37. The predicted octanol–water partition coefficient (Wildman–Crippen LogP) is 3.40. The molecule has 24 heavy (non-hydrogen) atoms. The Hall–Kier alpha value is -2.48. The van der Waals surface area contributed by atoms with Crippen LogP contribution < -0.4 is 9.47 Å². The standard InChI is InChI=1S/C19H24N2O3/c1-3-21(16-6-4-5-7-16)19(22)11-9-15-8-10-17(24-13-12-20)18(14-15)23-2/h8-11,14,16H,3-7,13H2,1-2H3/b11-9+. The summed E-state index contributed by atoms with van der Waals surface area (Å²) in [6.07, 6.45) is 8.03. The van der Waals surface area contributed by atoms with Gasteiger partial charge in [0.25, 0.3) is 0 Å². The van der Waals surface area contributed by atoms with E-state index in [1.54, 1.807) is 31.4 Å². The molecule has 1 saturated carbocycles. The van der Waals surface area contributed by atoms with Crippen molar-refractivity contribution in [2.75, 3.05) is 20.3 Å². The Morgan fingerprint density at radius 1 is 1.38 bits per heavy atom. The molecular formula is C19H24N2O3. The van der Waals surface area contributed by atoms with Gasteiger partial charge >= 0.3 is 0 Å². The Morgan fingerprint density at radius 3 is 2.75 bits per heavy atom. The summed E-state index contributed by atoms with van der Waals surface area (Å²) in [5.74, 6) is 1.11. The predicted molar refractivity (Wildman–Crippen MR) is 92.8 cm³/mol. The van der Waals surface area contributed by atoms with E-state index < -0.39 is 0 Å². The molecular weight excluding hydrogens is 304 g/mol. The van der Waals surface area contributed by atoms with Crippen molar-refractivity contribution in [3.63, 3.8) is 0 Å². The monoisotopic (exact) mass is 328 g/mol. The Balaban J connectivity index is 2.07. The topological polar surface area (TPSA) is 62.6 Å². The fourth-order valence-corrected chi connectivity index (χ4v) is 3.09. The van der Waals surface area contributed by atoms with Crippen LogP contribution in [0.1, 0.15) is 38.2 Å². The molecule has 0 aromatic heterocycles. The first-order chi connectivity index (χ1) is 11.7. The summed E-state index contributed by atoms with van der Waals surface area (Å²) in [5, 5.41) is 8.59. The Morgan fingerprint density at radius 2 is 2.12 bits per heavy atom. The lowest BCUT2D eigenvalue weighted by atomic mass is 10.1. The van der Waals surface area contributed by atoms with Crippen LogP contribution in [0.25, 0.3) is 6.08 Å². The van der Waals surface area contributed by atoms with Crippen molar-refractivity contribution in [1.82, 2.24) is 4.90 Å². The lowest BCUT2D eigenvalue weighted by Gasteiger charge is -2.26. The minimum Gasteiger partial charge on any atom is -0.493 e. The van der Waals surface area contributed by atoms with E-state index in [0.717, 1.165) is 24.9 Å². The first kappa shape index (κ1) is 17.9. The number of likely N-dealkylation sites (N-methyl/N-ethyl adjacent to an activating group) is 1. The number of carbonyl (C=O) groups is 1. The smallest absolute Gasteiger partial charge is 0.246 e. The second kappa shape index (κ2) is 8.97. The molecule has 1 aromatic rings. The summed E-state index contributed by atoms with van der Waals surface area (Å²) >= 11 is 0. The zero-order valence-electron chi connectivity index (χ0n) is 14.3. The van der Waals surface area contributed by atoms with E-state index in [9.17, 15) is 4.79 Å². The molecule has 0 atom stereocenters. The molecule has 0 bridgehead atoms. The van der Waals surface area contributed by atoms with Crippen LogP contribution in [0.2, 0.25) is 0 Å². The normalized spacial score (nSPS) is 14.5. The summed E-state index contributed by atoms with van der Waals surface area (Å²) < 4.78 is 10.6. The van der Waals surface area contributed by atoms with Gasteiger partial charge in [-0.25, -0.2) is 0 Å². The van der Waals surface area contributed by atoms with Gasteiger partial charge in [-0.2, -0.15) is 5.26 Å².